The highest BCUT2D eigenvalue weighted by atomic mass is 19.1. The number of halogens is 1. The molecule has 1 fully saturated rings. The van der Waals surface area contributed by atoms with Crippen molar-refractivity contribution in [2.45, 2.75) is 25.3 Å². The van der Waals surface area contributed by atoms with Crippen molar-refractivity contribution >= 4 is 11.4 Å². The van der Waals surface area contributed by atoms with Crippen molar-refractivity contribution in [3.8, 4) is 0 Å². The first kappa shape index (κ1) is 12.8. The van der Waals surface area contributed by atoms with Gasteiger partial charge in [0, 0.05) is 12.1 Å². The fraction of sp³-hybridized carbons (Fsp3) is 0.500. The summed E-state index contributed by atoms with van der Waals surface area (Å²) in [6.07, 6.45) is 2.71. The van der Waals surface area contributed by atoms with E-state index in [1.54, 1.807) is 0 Å². The summed E-state index contributed by atoms with van der Waals surface area (Å²) < 4.78 is 13.7. The van der Waals surface area contributed by atoms with Gasteiger partial charge in [-0.05, 0) is 38.4 Å². The second-order valence-electron chi connectivity index (χ2n) is 4.41. The monoisotopic (exact) mass is 253 g/mol. The molecule has 0 aromatic heterocycles. The Kier molecular flexibility index (Phi) is 4.09. The van der Waals surface area contributed by atoms with Crippen molar-refractivity contribution in [3.05, 3.63) is 34.1 Å². The SMILES string of the molecule is O=[N+]([O-])c1cccc(F)c1NC1CCCNCC1. The number of benzene rings is 1. The lowest BCUT2D eigenvalue weighted by Gasteiger charge is -2.17. The molecule has 0 spiro atoms. The van der Waals surface area contributed by atoms with Crippen LogP contribution in [-0.4, -0.2) is 24.1 Å². The number of para-hydroxylation sites is 1. The van der Waals surface area contributed by atoms with Crippen molar-refractivity contribution in [3.63, 3.8) is 0 Å². The number of rotatable bonds is 3. The minimum absolute atomic E-state index is 0.00870. The van der Waals surface area contributed by atoms with Gasteiger partial charge in [0.2, 0.25) is 0 Å². The summed E-state index contributed by atoms with van der Waals surface area (Å²) in [5.41, 5.74) is -0.193. The Bertz CT molecular complexity index is 431. The molecule has 1 saturated heterocycles. The van der Waals surface area contributed by atoms with E-state index >= 15 is 0 Å². The second-order valence-corrected chi connectivity index (χ2v) is 4.41. The predicted octanol–water partition coefficient (Wildman–Crippen LogP) is 2.29. The Morgan fingerprint density at radius 3 is 3.00 bits per heavy atom. The summed E-state index contributed by atoms with van der Waals surface area (Å²) in [7, 11) is 0. The molecule has 0 aliphatic carbocycles. The number of hydrogen-bond donors (Lipinski definition) is 2. The molecule has 1 aromatic carbocycles. The Balaban J connectivity index is 2.19. The molecular weight excluding hydrogens is 237 g/mol. The summed E-state index contributed by atoms with van der Waals surface area (Å²) in [6.45, 7) is 1.79. The van der Waals surface area contributed by atoms with E-state index in [4.69, 9.17) is 0 Å². The second kappa shape index (κ2) is 5.77. The van der Waals surface area contributed by atoms with Gasteiger partial charge in [-0.15, -0.1) is 0 Å². The van der Waals surface area contributed by atoms with Crippen LogP contribution >= 0.6 is 0 Å². The summed E-state index contributed by atoms with van der Waals surface area (Å²) in [5, 5.41) is 17.1. The highest BCUT2D eigenvalue weighted by Gasteiger charge is 2.21. The Labute approximate surface area is 105 Å². The smallest absolute Gasteiger partial charge is 0.295 e. The fourth-order valence-electron chi connectivity index (χ4n) is 2.18. The molecule has 1 aliphatic heterocycles. The largest absolute Gasteiger partial charge is 0.374 e. The summed E-state index contributed by atoms with van der Waals surface area (Å²) in [5.74, 6) is -0.568. The van der Waals surface area contributed by atoms with Crippen molar-refractivity contribution in [1.29, 1.82) is 0 Å². The molecule has 1 heterocycles. The van der Waals surface area contributed by atoms with Crippen LogP contribution in [0.5, 0.6) is 0 Å². The van der Waals surface area contributed by atoms with Crippen LogP contribution in [0.2, 0.25) is 0 Å². The third kappa shape index (κ3) is 2.95. The third-order valence-electron chi connectivity index (χ3n) is 3.11. The van der Waals surface area contributed by atoms with Crippen molar-refractivity contribution in [2.75, 3.05) is 18.4 Å². The van der Waals surface area contributed by atoms with E-state index in [0.29, 0.717) is 0 Å². The standard InChI is InChI=1S/C12H16FN3O2/c13-10-4-1-5-11(16(17)18)12(10)15-9-3-2-7-14-8-6-9/h1,4-5,9,14-15H,2-3,6-8H2. The molecule has 2 rings (SSSR count). The zero-order chi connectivity index (χ0) is 13.0. The number of nitro benzene ring substituents is 1. The summed E-state index contributed by atoms with van der Waals surface area (Å²) in [4.78, 5) is 10.3. The molecule has 0 saturated carbocycles. The van der Waals surface area contributed by atoms with Gasteiger partial charge in [0.1, 0.15) is 5.69 Å². The van der Waals surface area contributed by atoms with Crippen molar-refractivity contribution in [2.24, 2.45) is 0 Å². The molecule has 18 heavy (non-hydrogen) atoms. The fourth-order valence-corrected chi connectivity index (χ4v) is 2.18. The maximum absolute atomic E-state index is 13.7. The zero-order valence-corrected chi connectivity index (χ0v) is 9.99. The van der Waals surface area contributed by atoms with Gasteiger partial charge >= 0.3 is 0 Å². The maximum atomic E-state index is 13.7. The topological polar surface area (TPSA) is 67.2 Å². The molecular formula is C12H16FN3O2. The first-order valence-corrected chi connectivity index (χ1v) is 6.08. The van der Waals surface area contributed by atoms with Crippen LogP contribution in [0.3, 0.4) is 0 Å². The van der Waals surface area contributed by atoms with Crippen LogP contribution in [0, 0.1) is 15.9 Å². The minimum Gasteiger partial charge on any atom is -0.374 e. The van der Waals surface area contributed by atoms with Crippen LogP contribution in [-0.2, 0) is 0 Å². The molecule has 0 radical (unpaired) electrons. The molecule has 1 aromatic rings. The Morgan fingerprint density at radius 2 is 2.22 bits per heavy atom. The van der Waals surface area contributed by atoms with Crippen LogP contribution in [0.25, 0.3) is 0 Å². The van der Waals surface area contributed by atoms with E-state index in [1.807, 2.05) is 0 Å². The lowest BCUT2D eigenvalue weighted by Crippen LogP contribution is -2.22. The van der Waals surface area contributed by atoms with Crippen LogP contribution in [0.15, 0.2) is 18.2 Å². The van der Waals surface area contributed by atoms with Gasteiger partial charge in [-0.3, -0.25) is 10.1 Å². The molecule has 1 unspecified atom stereocenters. The van der Waals surface area contributed by atoms with Gasteiger partial charge in [0.05, 0.1) is 4.92 Å². The number of hydrogen-bond acceptors (Lipinski definition) is 4. The predicted molar refractivity (Wildman–Crippen MR) is 67.2 cm³/mol. The van der Waals surface area contributed by atoms with Gasteiger partial charge < -0.3 is 10.6 Å². The molecule has 98 valence electrons. The van der Waals surface area contributed by atoms with E-state index < -0.39 is 10.7 Å². The molecule has 6 heteroatoms. The summed E-state index contributed by atoms with van der Waals surface area (Å²) in [6, 6.07) is 3.99. The van der Waals surface area contributed by atoms with E-state index in [-0.39, 0.29) is 17.4 Å². The van der Waals surface area contributed by atoms with Gasteiger partial charge in [-0.25, -0.2) is 4.39 Å². The van der Waals surface area contributed by atoms with Gasteiger partial charge in [0.15, 0.2) is 5.82 Å². The van der Waals surface area contributed by atoms with Crippen LogP contribution in [0.4, 0.5) is 15.8 Å². The average molecular weight is 253 g/mol. The zero-order valence-electron chi connectivity index (χ0n) is 9.99. The number of anilines is 1. The third-order valence-corrected chi connectivity index (χ3v) is 3.11. The van der Waals surface area contributed by atoms with Crippen molar-refractivity contribution in [1.82, 2.24) is 5.32 Å². The highest BCUT2D eigenvalue weighted by Crippen LogP contribution is 2.28. The van der Waals surface area contributed by atoms with Gasteiger partial charge in [-0.1, -0.05) is 6.07 Å². The molecule has 0 bridgehead atoms. The normalized spacial score (nSPS) is 20.2. The number of nitrogens with one attached hydrogen (secondary N) is 2. The Morgan fingerprint density at radius 1 is 1.39 bits per heavy atom. The maximum Gasteiger partial charge on any atom is 0.295 e. The molecule has 1 aliphatic rings. The highest BCUT2D eigenvalue weighted by molar-refractivity contribution is 5.62. The van der Waals surface area contributed by atoms with Crippen molar-refractivity contribution < 1.29 is 9.31 Å². The van der Waals surface area contributed by atoms with E-state index in [9.17, 15) is 14.5 Å². The Hall–Kier alpha value is -1.69. The van der Waals surface area contributed by atoms with Gasteiger partial charge in [-0.2, -0.15) is 0 Å². The summed E-state index contributed by atoms with van der Waals surface area (Å²) >= 11 is 0. The average Bonchev–Trinajstić information content (AvgIpc) is 2.60. The minimum atomic E-state index is -0.568. The first-order chi connectivity index (χ1) is 8.68. The molecule has 1 atom stereocenters. The number of nitrogens with zero attached hydrogens (tertiary/aromatic N) is 1. The van der Waals surface area contributed by atoms with E-state index in [0.717, 1.165) is 32.4 Å². The van der Waals surface area contributed by atoms with Crippen LogP contribution < -0.4 is 10.6 Å². The quantitative estimate of drug-likeness (QED) is 0.640. The van der Waals surface area contributed by atoms with Crippen LogP contribution in [0.1, 0.15) is 19.3 Å². The van der Waals surface area contributed by atoms with Gasteiger partial charge in [0.25, 0.3) is 5.69 Å². The van der Waals surface area contributed by atoms with E-state index in [2.05, 4.69) is 10.6 Å². The molecule has 5 nitrogen and oxygen atoms in total. The molecule has 0 amide bonds. The lowest BCUT2D eigenvalue weighted by atomic mass is 10.1. The first-order valence-electron chi connectivity index (χ1n) is 6.08. The molecule has 2 N–H and O–H groups in total. The lowest BCUT2D eigenvalue weighted by molar-refractivity contribution is -0.384. The number of nitro groups is 1. The van der Waals surface area contributed by atoms with E-state index in [1.165, 1.54) is 18.2 Å².